The molecule has 3 heteroatoms. The zero-order valence-corrected chi connectivity index (χ0v) is 22.2. The summed E-state index contributed by atoms with van der Waals surface area (Å²) in [5.41, 5.74) is 2.61. The van der Waals surface area contributed by atoms with Crippen LogP contribution in [-0.4, -0.2) is 0 Å². The Morgan fingerprint density at radius 1 is 0.485 bits per heavy atom. The Balaban J connectivity index is 1.71. The molecule has 0 aromatic heterocycles. The minimum atomic E-state index is -0.00988. The van der Waals surface area contributed by atoms with Gasteiger partial charge in [0.15, 0.2) is 0 Å². The molecule has 0 saturated carbocycles. The molecule has 0 aliphatic heterocycles. The first-order valence-electron chi connectivity index (χ1n) is 13.6. The smallest absolute Gasteiger partial charge is 0.275 e. The third-order valence-corrected chi connectivity index (χ3v) is 6.95. The van der Waals surface area contributed by atoms with Gasteiger partial charge in [0.1, 0.15) is 11.5 Å². The molecule has 0 aliphatic rings. The van der Waals surface area contributed by atoms with Gasteiger partial charge >= 0.3 is 0 Å². The van der Waals surface area contributed by atoms with Crippen molar-refractivity contribution in [3.8, 4) is 11.5 Å². The molecule has 0 unspecified atom stereocenters. The van der Waals surface area contributed by atoms with Crippen molar-refractivity contribution in [3.63, 3.8) is 0 Å². The summed E-state index contributed by atoms with van der Waals surface area (Å²) in [6.45, 7) is 4.55. The van der Waals surface area contributed by atoms with Crippen LogP contribution in [0, 0.1) is 0 Å². The lowest BCUT2D eigenvalue weighted by molar-refractivity contribution is 0.504. The van der Waals surface area contributed by atoms with Crippen LogP contribution >= 0.6 is 9.03 Å². The van der Waals surface area contributed by atoms with E-state index < -0.39 is 0 Å². The Hall–Kier alpha value is -1.53. The normalized spacial score (nSPS) is 11.0. The highest BCUT2D eigenvalue weighted by atomic mass is 31.1. The summed E-state index contributed by atoms with van der Waals surface area (Å²) in [7, 11) is -0.00988. The van der Waals surface area contributed by atoms with Crippen molar-refractivity contribution in [3.05, 3.63) is 59.7 Å². The highest BCUT2D eigenvalue weighted by molar-refractivity contribution is 7.27. The maximum atomic E-state index is 6.09. The van der Waals surface area contributed by atoms with Crippen LogP contribution in [0.1, 0.15) is 115 Å². The largest absolute Gasteiger partial charge is 0.440 e. The van der Waals surface area contributed by atoms with Crippen LogP contribution in [0.3, 0.4) is 0 Å². The number of hydrogen-bond acceptors (Lipinski definition) is 2. The van der Waals surface area contributed by atoms with Crippen molar-refractivity contribution in [2.24, 2.45) is 0 Å². The lowest BCUT2D eigenvalue weighted by atomic mass is 10.0. The molecule has 184 valence electrons. The van der Waals surface area contributed by atoms with Gasteiger partial charge < -0.3 is 9.05 Å². The lowest BCUT2D eigenvalue weighted by Gasteiger charge is -2.13. The van der Waals surface area contributed by atoms with E-state index in [4.69, 9.17) is 9.05 Å². The highest BCUT2D eigenvalue weighted by Gasteiger charge is 2.07. The fraction of sp³-hybridized carbons (Fsp3) is 0.600. The van der Waals surface area contributed by atoms with Gasteiger partial charge in [0.05, 0.1) is 0 Å². The SMILES string of the molecule is CCCCCCCCCc1ccccc1OPOc1ccccc1CCCCCCCCC. The van der Waals surface area contributed by atoms with Crippen molar-refractivity contribution in [1.29, 1.82) is 0 Å². The second-order valence-electron chi connectivity index (χ2n) is 9.25. The van der Waals surface area contributed by atoms with Crippen molar-refractivity contribution >= 4 is 9.03 Å². The number of unbranched alkanes of at least 4 members (excludes halogenated alkanes) is 12. The van der Waals surface area contributed by atoms with Gasteiger partial charge in [0.25, 0.3) is 9.03 Å². The van der Waals surface area contributed by atoms with Crippen LogP contribution in [-0.2, 0) is 12.8 Å². The van der Waals surface area contributed by atoms with Crippen molar-refractivity contribution in [2.45, 2.75) is 117 Å². The second-order valence-corrected chi connectivity index (χ2v) is 9.82. The molecular formula is C30H47O2P. The summed E-state index contributed by atoms with van der Waals surface area (Å²) in [5, 5.41) is 0. The molecule has 0 radical (unpaired) electrons. The van der Waals surface area contributed by atoms with Gasteiger partial charge in [-0.2, -0.15) is 0 Å². The maximum Gasteiger partial charge on any atom is 0.275 e. The van der Waals surface area contributed by atoms with E-state index in [1.165, 1.54) is 101 Å². The molecule has 2 rings (SSSR count). The van der Waals surface area contributed by atoms with E-state index in [9.17, 15) is 0 Å². The summed E-state index contributed by atoms with van der Waals surface area (Å²) < 4.78 is 12.2. The van der Waals surface area contributed by atoms with Crippen LogP contribution in [0.15, 0.2) is 48.5 Å². The molecule has 0 atom stereocenters. The van der Waals surface area contributed by atoms with Crippen LogP contribution in [0.25, 0.3) is 0 Å². The van der Waals surface area contributed by atoms with E-state index in [1.807, 2.05) is 0 Å². The zero-order chi connectivity index (χ0) is 23.4. The number of aryl methyl sites for hydroxylation is 2. The minimum Gasteiger partial charge on any atom is -0.440 e. The van der Waals surface area contributed by atoms with Crippen LogP contribution in [0.2, 0.25) is 0 Å². The second kappa shape index (κ2) is 18.8. The fourth-order valence-electron chi connectivity index (χ4n) is 4.28. The predicted octanol–water partition coefficient (Wildman–Crippen LogP) is 10.2. The lowest BCUT2D eigenvalue weighted by Crippen LogP contribution is -1.94. The summed E-state index contributed by atoms with van der Waals surface area (Å²) in [4.78, 5) is 0. The number of para-hydroxylation sites is 2. The maximum absolute atomic E-state index is 6.09. The first-order chi connectivity index (χ1) is 16.3. The number of benzene rings is 2. The van der Waals surface area contributed by atoms with Crippen molar-refractivity contribution in [1.82, 2.24) is 0 Å². The first kappa shape index (κ1) is 27.7. The molecule has 0 aliphatic carbocycles. The van der Waals surface area contributed by atoms with Crippen LogP contribution in [0.5, 0.6) is 11.5 Å². The van der Waals surface area contributed by atoms with E-state index in [-0.39, 0.29) is 9.03 Å². The Kier molecular flexibility index (Phi) is 15.8. The van der Waals surface area contributed by atoms with Gasteiger partial charge in [0.2, 0.25) is 0 Å². The van der Waals surface area contributed by atoms with E-state index in [0.717, 1.165) is 24.3 Å². The molecule has 2 nitrogen and oxygen atoms in total. The van der Waals surface area contributed by atoms with Gasteiger partial charge in [0, 0.05) is 0 Å². The zero-order valence-electron chi connectivity index (χ0n) is 21.2. The molecule has 0 amide bonds. The highest BCUT2D eigenvalue weighted by Crippen LogP contribution is 2.31. The number of rotatable bonds is 20. The number of hydrogen-bond donors (Lipinski definition) is 0. The Morgan fingerprint density at radius 3 is 1.27 bits per heavy atom. The van der Waals surface area contributed by atoms with E-state index in [2.05, 4.69) is 62.4 Å². The summed E-state index contributed by atoms with van der Waals surface area (Å²) in [6.07, 6.45) is 20.9. The van der Waals surface area contributed by atoms with Crippen LogP contribution < -0.4 is 9.05 Å². The third kappa shape index (κ3) is 12.5. The van der Waals surface area contributed by atoms with E-state index >= 15 is 0 Å². The summed E-state index contributed by atoms with van der Waals surface area (Å²) >= 11 is 0. The van der Waals surface area contributed by atoms with Crippen LogP contribution in [0.4, 0.5) is 0 Å². The topological polar surface area (TPSA) is 18.5 Å². The fourth-order valence-corrected chi connectivity index (χ4v) is 4.90. The average molecular weight is 471 g/mol. The van der Waals surface area contributed by atoms with E-state index in [1.54, 1.807) is 0 Å². The molecule has 2 aromatic carbocycles. The van der Waals surface area contributed by atoms with Gasteiger partial charge in [-0.25, -0.2) is 0 Å². The molecule has 33 heavy (non-hydrogen) atoms. The minimum absolute atomic E-state index is 0.00988. The molecule has 0 heterocycles. The molecule has 0 bridgehead atoms. The molecule has 0 N–H and O–H groups in total. The average Bonchev–Trinajstić information content (AvgIpc) is 2.84. The summed E-state index contributed by atoms with van der Waals surface area (Å²) in [6, 6.07) is 16.9. The molecule has 0 saturated heterocycles. The molecular weight excluding hydrogens is 423 g/mol. The van der Waals surface area contributed by atoms with Gasteiger partial charge in [-0.3, -0.25) is 0 Å². The first-order valence-corrected chi connectivity index (χ1v) is 14.4. The van der Waals surface area contributed by atoms with Crippen molar-refractivity contribution < 1.29 is 9.05 Å². The molecule has 0 fully saturated rings. The third-order valence-electron chi connectivity index (χ3n) is 6.35. The Bertz CT molecular complexity index is 669. The predicted molar refractivity (Wildman–Crippen MR) is 146 cm³/mol. The summed E-state index contributed by atoms with van der Waals surface area (Å²) in [5.74, 6) is 1.96. The van der Waals surface area contributed by atoms with Gasteiger partial charge in [-0.15, -0.1) is 0 Å². The standard InChI is InChI=1S/C30H47O2P/c1-3-5-7-9-11-13-15-21-27-23-17-19-25-29(27)31-33-32-30-26-20-18-24-28(30)22-16-14-12-10-8-6-4-2/h17-20,23-26,33H,3-16,21-22H2,1-2H3. The molecule has 0 spiro atoms. The molecule has 2 aromatic rings. The van der Waals surface area contributed by atoms with Crippen molar-refractivity contribution in [2.75, 3.05) is 0 Å². The van der Waals surface area contributed by atoms with Gasteiger partial charge in [-0.05, 0) is 48.9 Å². The Morgan fingerprint density at radius 2 is 0.848 bits per heavy atom. The van der Waals surface area contributed by atoms with Gasteiger partial charge in [-0.1, -0.05) is 127 Å². The van der Waals surface area contributed by atoms with E-state index in [0.29, 0.717) is 0 Å². The monoisotopic (exact) mass is 470 g/mol. The Labute approximate surface area is 205 Å². The quantitative estimate of drug-likeness (QED) is 0.141.